The van der Waals surface area contributed by atoms with Crippen LogP contribution in [0.5, 0.6) is 0 Å². The summed E-state index contributed by atoms with van der Waals surface area (Å²) < 4.78 is 50.2. The van der Waals surface area contributed by atoms with Gasteiger partial charge in [0.15, 0.2) is 39.6 Å². The van der Waals surface area contributed by atoms with Gasteiger partial charge in [0.05, 0.1) is 11.7 Å². The standard InChI is InChI=1S/C20H18F2N6O7S3/c1-38(33,34)10-3-2-4-27(6-10)5-9-7-36-17-13(16(30)28(17)14(9)18(31)32)25-15(29)12(26-35-19(21)22)11-8-37-20(23)24-11/h2-4,6,8,13,17,19H,5,7H2,1H3,(H3-,23,24,25,29,31,32)/b26-12+/t13?,17-/m1/s1. The molecule has 1 unspecified atom stereocenters. The lowest BCUT2D eigenvalue weighted by atomic mass is 10.0. The van der Waals surface area contributed by atoms with Gasteiger partial charge in [0.1, 0.15) is 22.0 Å². The maximum Gasteiger partial charge on any atom is 0.407 e. The van der Waals surface area contributed by atoms with Crippen LogP contribution >= 0.6 is 23.1 Å². The minimum absolute atomic E-state index is 0.0231. The quantitative estimate of drug-likeness (QED) is 0.150. The van der Waals surface area contributed by atoms with Gasteiger partial charge in [0.25, 0.3) is 11.8 Å². The lowest BCUT2D eigenvalue weighted by molar-refractivity contribution is -0.690. The van der Waals surface area contributed by atoms with Gasteiger partial charge in [0, 0.05) is 29.0 Å². The number of anilines is 1. The van der Waals surface area contributed by atoms with Gasteiger partial charge in [-0.15, -0.1) is 23.1 Å². The average molecular weight is 589 g/mol. The van der Waals surface area contributed by atoms with E-state index in [1.165, 1.54) is 28.3 Å². The van der Waals surface area contributed by atoms with Crippen LogP contribution in [0.4, 0.5) is 13.9 Å². The first-order valence-electron chi connectivity index (χ1n) is 10.5. The SMILES string of the molecule is CS(=O)(=O)c1ccc[n+](CC2=C(C(=O)[O-])N3C(=O)C(NC(=O)/C(=N/OC(F)F)c4csc(N)n4)[C@H]3SC2)c1. The molecule has 2 aliphatic heterocycles. The third-order valence-corrected chi connectivity index (χ3v) is 8.47. The van der Waals surface area contributed by atoms with Crippen molar-refractivity contribution in [1.82, 2.24) is 15.2 Å². The zero-order chi connectivity index (χ0) is 27.8. The zero-order valence-electron chi connectivity index (χ0n) is 19.2. The predicted octanol–water partition coefficient (Wildman–Crippen LogP) is -1.54. The topological polar surface area (TPSA) is 188 Å². The molecular weight excluding hydrogens is 570 g/mol. The second kappa shape index (κ2) is 10.6. The van der Waals surface area contributed by atoms with Crippen molar-refractivity contribution in [2.75, 3.05) is 17.7 Å². The van der Waals surface area contributed by atoms with E-state index in [9.17, 15) is 36.7 Å². The summed E-state index contributed by atoms with van der Waals surface area (Å²) in [7, 11) is -3.51. The van der Waals surface area contributed by atoms with E-state index in [2.05, 4.69) is 20.3 Å². The number of nitrogens with two attached hydrogens (primary N) is 1. The summed E-state index contributed by atoms with van der Waals surface area (Å²) in [4.78, 5) is 46.4. The summed E-state index contributed by atoms with van der Waals surface area (Å²) in [5.74, 6) is -3.37. The number of halogens is 2. The number of β-lactam (4-membered cyclic amide) rings is 1. The van der Waals surface area contributed by atoms with Crippen molar-refractivity contribution in [3.05, 3.63) is 46.9 Å². The highest BCUT2D eigenvalue weighted by atomic mass is 32.2. The number of carbonyl (C=O) groups excluding carboxylic acids is 3. The maximum atomic E-state index is 12.9. The highest BCUT2D eigenvalue weighted by molar-refractivity contribution is 8.00. The van der Waals surface area contributed by atoms with Gasteiger partial charge < -0.3 is 25.8 Å². The molecule has 2 atom stereocenters. The Morgan fingerprint density at radius 2 is 2.18 bits per heavy atom. The molecule has 0 bridgehead atoms. The number of carboxylic acid groups (broad SMARTS) is 1. The number of amides is 2. The number of pyridine rings is 1. The van der Waals surface area contributed by atoms with Crippen LogP contribution in [-0.4, -0.2) is 71.8 Å². The maximum absolute atomic E-state index is 12.9. The van der Waals surface area contributed by atoms with Crippen molar-refractivity contribution >= 4 is 61.6 Å². The number of thiazole rings is 1. The number of hydrogen-bond donors (Lipinski definition) is 2. The minimum atomic E-state index is -3.51. The number of rotatable bonds is 9. The number of hydrogen-bond acceptors (Lipinski definition) is 12. The van der Waals surface area contributed by atoms with E-state index in [-0.39, 0.29) is 33.6 Å². The van der Waals surface area contributed by atoms with Crippen molar-refractivity contribution in [1.29, 1.82) is 0 Å². The molecule has 0 radical (unpaired) electrons. The number of nitrogens with one attached hydrogen (secondary N) is 1. The fraction of sp³-hybridized carbons (Fsp3) is 0.300. The molecule has 202 valence electrons. The molecule has 0 aliphatic carbocycles. The number of aromatic nitrogens is 2. The fourth-order valence-corrected chi connectivity index (χ4v) is 6.27. The molecule has 0 aromatic carbocycles. The Bertz CT molecular complexity index is 1480. The number of carbonyl (C=O) groups is 3. The molecule has 4 rings (SSSR count). The number of aliphatic carboxylic acids is 1. The summed E-state index contributed by atoms with van der Waals surface area (Å²) in [6, 6.07) is 1.67. The van der Waals surface area contributed by atoms with Crippen molar-refractivity contribution in [2.45, 2.75) is 29.5 Å². The van der Waals surface area contributed by atoms with E-state index in [4.69, 9.17) is 5.73 Å². The molecule has 3 N–H and O–H groups in total. The normalized spacial score (nSPS) is 19.7. The van der Waals surface area contributed by atoms with Crippen molar-refractivity contribution in [3.8, 4) is 0 Å². The summed E-state index contributed by atoms with van der Waals surface area (Å²) in [5, 5.41) is 18.0. The summed E-state index contributed by atoms with van der Waals surface area (Å²) >= 11 is 2.06. The van der Waals surface area contributed by atoms with Crippen LogP contribution in [-0.2, 0) is 35.6 Å². The molecule has 13 nitrogen and oxygen atoms in total. The lowest BCUT2D eigenvalue weighted by Crippen LogP contribution is -2.71. The molecule has 1 saturated heterocycles. The number of fused-ring (bicyclic) bond motifs is 1. The van der Waals surface area contributed by atoms with E-state index >= 15 is 0 Å². The first kappa shape index (κ1) is 27.4. The number of nitrogens with zero attached hydrogens (tertiary/aromatic N) is 4. The molecule has 2 aromatic heterocycles. The molecule has 18 heteroatoms. The largest absolute Gasteiger partial charge is 0.543 e. The molecule has 4 heterocycles. The molecule has 0 saturated carbocycles. The average Bonchev–Trinajstić information content (AvgIpc) is 3.27. The van der Waals surface area contributed by atoms with Crippen LogP contribution in [0.1, 0.15) is 5.69 Å². The van der Waals surface area contributed by atoms with Crippen LogP contribution in [0.15, 0.2) is 51.2 Å². The van der Waals surface area contributed by atoms with Gasteiger partial charge in [-0.1, -0.05) is 5.16 Å². The van der Waals surface area contributed by atoms with E-state index in [1.54, 1.807) is 6.20 Å². The summed E-state index contributed by atoms with van der Waals surface area (Å²) in [6.45, 7) is -3.37. The monoisotopic (exact) mass is 588 g/mol. The predicted molar refractivity (Wildman–Crippen MR) is 127 cm³/mol. The lowest BCUT2D eigenvalue weighted by Gasteiger charge is -2.50. The smallest absolute Gasteiger partial charge is 0.407 e. The van der Waals surface area contributed by atoms with Crippen LogP contribution < -0.4 is 20.7 Å². The van der Waals surface area contributed by atoms with Crippen LogP contribution in [0.2, 0.25) is 0 Å². The van der Waals surface area contributed by atoms with Gasteiger partial charge in [0.2, 0.25) is 0 Å². The fourth-order valence-electron chi connectivity index (χ4n) is 3.73. The van der Waals surface area contributed by atoms with E-state index < -0.39 is 57.1 Å². The molecule has 38 heavy (non-hydrogen) atoms. The van der Waals surface area contributed by atoms with Gasteiger partial charge in [-0.2, -0.15) is 13.3 Å². The number of alkyl halides is 2. The van der Waals surface area contributed by atoms with Gasteiger partial charge in [-0.25, -0.2) is 13.4 Å². The Labute approximate surface area is 221 Å². The minimum Gasteiger partial charge on any atom is -0.543 e. The highest BCUT2D eigenvalue weighted by Gasteiger charge is 2.53. The molecular formula is C20H18F2N6O7S3. The molecule has 2 aromatic rings. The number of nitrogen functional groups attached to an aromatic ring is 1. The van der Waals surface area contributed by atoms with E-state index in [1.807, 2.05) is 0 Å². The Hall–Kier alpha value is -3.64. The van der Waals surface area contributed by atoms with Gasteiger partial charge in [-0.05, 0) is 6.07 Å². The molecule has 1 fully saturated rings. The van der Waals surface area contributed by atoms with Crippen LogP contribution in [0.3, 0.4) is 0 Å². The first-order chi connectivity index (χ1) is 17.9. The Kier molecular flexibility index (Phi) is 7.65. The Morgan fingerprint density at radius 3 is 2.79 bits per heavy atom. The van der Waals surface area contributed by atoms with E-state index in [0.717, 1.165) is 34.3 Å². The zero-order valence-corrected chi connectivity index (χ0v) is 21.7. The number of oxime groups is 1. The number of carboxylic acids is 1. The summed E-state index contributed by atoms with van der Waals surface area (Å²) in [6.07, 6.45) is 3.91. The van der Waals surface area contributed by atoms with Crippen molar-refractivity contribution in [3.63, 3.8) is 0 Å². The van der Waals surface area contributed by atoms with Crippen molar-refractivity contribution in [2.24, 2.45) is 5.16 Å². The third kappa shape index (κ3) is 5.60. The Morgan fingerprint density at radius 1 is 1.45 bits per heavy atom. The number of thioether (sulfide) groups is 1. The molecule has 0 spiro atoms. The van der Waals surface area contributed by atoms with Gasteiger partial charge in [-0.3, -0.25) is 14.5 Å². The van der Waals surface area contributed by atoms with Crippen molar-refractivity contribution < 1.29 is 46.1 Å². The molecule has 2 amide bonds. The van der Waals surface area contributed by atoms with Crippen LogP contribution in [0, 0.1) is 0 Å². The second-order valence-corrected chi connectivity index (χ2v) is 12.0. The van der Waals surface area contributed by atoms with Crippen LogP contribution in [0.25, 0.3) is 0 Å². The van der Waals surface area contributed by atoms with E-state index in [0.29, 0.717) is 0 Å². The van der Waals surface area contributed by atoms with Gasteiger partial charge >= 0.3 is 6.61 Å². The summed E-state index contributed by atoms with van der Waals surface area (Å²) in [5.41, 5.74) is 4.61. The highest BCUT2D eigenvalue weighted by Crippen LogP contribution is 2.40. The third-order valence-electron chi connectivity index (χ3n) is 5.36. The number of sulfone groups is 1. The Balaban J connectivity index is 1.55. The second-order valence-electron chi connectivity index (χ2n) is 7.96. The first-order valence-corrected chi connectivity index (χ1v) is 14.3. The molecule has 2 aliphatic rings.